The van der Waals surface area contributed by atoms with Gasteiger partial charge in [0, 0.05) is 45.9 Å². The molecule has 0 unspecified atom stereocenters. The molecule has 8 aromatic carbocycles. The van der Waals surface area contributed by atoms with Crippen LogP contribution in [0.3, 0.4) is 0 Å². The second kappa shape index (κ2) is 12.5. The van der Waals surface area contributed by atoms with Gasteiger partial charge >= 0.3 is 0 Å². The molecule has 0 atom stereocenters. The van der Waals surface area contributed by atoms with Gasteiger partial charge in [-0.15, -0.1) is 22.7 Å². The molecule has 10 rings (SSSR count). The van der Waals surface area contributed by atoms with Gasteiger partial charge in [0.2, 0.25) is 0 Å². The molecule has 0 radical (unpaired) electrons. The number of hydrogen-bond acceptors (Lipinski definition) is 3. The van der Waals surface area contributed by atoms with Crippen LogP contribution < -0.4 is 0 Å². The zero-order valence-corrected chi connectivity index (χ0v) is 29.6. The van der Waals surface area contributed by atoms with Crippen molar-refractivity contribution in [3.05, 3.63) is 181 Å². The Morgan fingerprint density at radius 1 is 0.327 bits per heavy atom. The molecule has 3 heteroatoms. The molecule has 0 amide bonds. The van der Waals surface area contributed by atoms with E-state index in [9.17, 15) is 5.26 Å². The van der Waals surface area contributed by atoms with Gasteiger partial charge in [-0.3, -0.25) is 0 Å². The van der Waals surface area contributed by atoms with E-state index < -0.39 is 0 Å². The standard InChI is InChI=1S/C49H29NS2/c50-30-35-16-11-19-37(31-12-3-1-4-13-31)48(35)36-28-40(33-22-24-46-42(26-33)38-17-7-9-20-44(38)51-46)49(32-14-5-2-6-15-32)41(29-36)34-23-25-47-43(27-34)39-18-8-10-21-45(39)52-47/h1-29H. The summed E-state index contributed by atoms with van der Waals surface area (Å²) in [6.07, 6.45) is 0. The Morgan fingerprint density at radius 3 is 1.38 bits per heavy atom. The molecule has 2 aromatic heterocycles. The lowest BCUT2D eigenvalue weighted by Gasteiger charge is -2.21. The van der Waals surface area contributed by atoms with Crippen molar-refractivity contribution in [1.82, 2.24) is 0 Å². The zero-order valence-electron chi connectivity index (χ0n) is 28.0. The topological polar surface area (TPSA) is 23.8 Å². The Hall–Kier alpha value is -6.31. The van der Waals surface area contributed by atoms with Crippen LogP contribution in [0.5, 0.6) is 0 Å². The van der Waals surface area contributed by atoms with E-state index in [1.807, 2.05) is 40.9 Å². The molecule has 0 fully saturated rings. The second-order valence-corrected chi connectivity index (χ2v) is 15.3. The van der Waals surface area contributed by atoms with Gasteiger partial charge in [-0.2, -0.15) is 5.26 Å². The summed E-state index contributed by atoms with van der Waals surface area (Å²) >= 11 is 3.68. The molecule has 242 valence electrons. The summed E-state index contributed by atoms with van der Waals surface area (Å²) in [5.41, 5.74) is 11.7. The maximum Gasteiger partial charge on any atom is 0.0998 e. The predicted octanol–water partition coefficient (Wildman–Crippen LogP) is 14.6. The van der Waals surface area contributed by atoms with Crippen molar-refractivity contribution in [3.63, 3.8) is 0 Å². The van der Waals surface area contributed by atoms with Gasteiger partial charge in [-0.1, -0.05) is 121 Å². The van der Waals surface area contributed by atoms with Crippen molar-refractivity contribution in [2.24, 2.45) is 0 Å². The van der Waals surface area contributed by atoms with E-state index in [4.69, 9.17) is 0 Å². The smallest absolute Gasteiger partial charge is 0.0998 e. The Balaban J connectivity index is 1.34. The normalized spacial score (nSPS) is 11.4. The van der Waals surface area contributed by atoms with E-state index in [0.717, 1.165) is 50.1 Å². The number of hydrogen-bond donors (Lipinski definition) is 0. The average Bonchev–Trinajstić information content (AvgIpc) is 3.78. The fourth-order valence-electron chi connectivity index (χ4n) is 7.76. The molecule has 0 aliphatic heterocycles. The summed E-state index contributed by atoms with van der Waals surface area (Å²) in [4.78, 5) is 0. The molecule has 10 aromatic rings. The quantitative estimate of drug-likeness (QED) is 0.176. The molecule has 0 bridgehead atoms. The first-order chi connectivity index (χ1) is 25.7. The van der Waals surface area contributed by atoms with E-state index in [2.05, 4.69) is 164 Å². The van der Waals surface area contributed by atoms with Gasteiger partial charge in [0.1, 0.15) is 0 Å². The maximum atomic E-state index is 10.6. The first kappa shape index (κ1) is 30.5. The highest BCUT2D eigenvalue weighted by atomic mass is 32.1. The highest BCUT2D eigenvalue weighted by Gasteiger charge is 2.21. The van der Waals surface area contributed by atoms with Gasteiger partial charge in [0.25, 0.3) is 0 Å². The van der Waals surface area contributed by atoms with Crippen LogP contribution in [0.15, 0.2) is 176 Å². The number of nitrogens with zero attached hydrogens (tertiary/aromatic N) is 1. The molecular formula is C49H29NS2. The molecule has 0 saturated heterocycles. The lowest BCUT2D eigenvalue weighted by Crippen LogP contribution is -1.96. The number of rotatable bonds is 5. The third-order valence-electron chi connectivity index (χ3n) is 10.1. The maximum absolute atomic E-state index is 10.6. The van der Waals surface area contributed by atoms with Crippen molar-refractivity contribution in [2.45, 2.75) is 0 Å². The molecule has 1 nitrogen and oxygen atoms in total. The largest absolute Gasteiger partial charge is 0.192 e. The van der Waals surface area contributed by atoms with Gasteiger partial charge in [0.15, 0.2) is 0 Å². The lowest BCUT2D eigenvalue weighted by atomic mass is 9.82. The minimum absolute atomic E-state index is 0.657. The summed E-state index contributed by atoms with van der Waals surface area (Å²) in [5.74, 6) is 0. The van der Waals surface area contributed by atoms with Gasteiger partial charge in [-0.05, 0) is 105 Å². The van der Waals surface area contributed by atoms with Crippen molar-refractivity contribution >= 4 is 63.0 Å². The molecule has 0 N–H and O–H groups in total. The molecular weight excluding hydrogens is 667 g/mol. The Bertz CT molecular complexity index is 2880. The van der Waals surface area contributed by atoms with E-state index in [1.54, 1.807) is 0 Å². The fraction of sp³-hybridized carbons (Fsp3) is 0. The zero-order chi connectivity index (χ0) is 34.6. The minimum Gasteiger partial charge on any atom is -0.192 e. The minimum atomic E-state index is 0.657. The van der Waals surface area contributed by atoms with Crippen LogP contribution in [0.25, 0.3) is 96.0 Å². The summed E-state index contributed by atoms with van der Waals surface area (Å²) in [5, 5.41) is 15.7. The first-order valence-electron chi connectivity index (χ1n) is 17.4. The van der Waals surface area contributed by atoms with E-state index in [1.165, 1.54) is 45.9 Å². The lowest BCUT2D eigenvalue weighted by molar-refractivity contribution is 1.47. The molecule has 2 heterocycles. The van der Waals surface area contributed by atoms with Gasteiger partial charge in [-0.25, -0.2) is 0 Å². The third-order valence-corrected chi connectivity index (χ3v) is 12.4. The molecule has 0 saturated carbocycles. The van der Waals surface area contributed by atoms with Crippen LogP contribution in [0.4, 0.5) is 0 Å². The van der Waals surface area contributed by atoms with Crippen LogP contribution in [-0.2, 0) is 0 Å². The van der Waals surface area contributed by atoms with E-state index >= 15 is 0 Å². The summed E-state index contributed by atoms with van der Waals surface area (Å²) in [6.45, 7) is 0. The summed E-state index contributed by atoms with van der Waals surface area (Å²) in [6, 6.07) is 65.7. The van der Waals surface area contributed by atoms with Gasteiger partial charge < -0.3 is 0 Å². The fourth-order valence-corrected chi connectivity index (χ4v) is 9.93. The number of thiophene rings is 2. The van der Waals surface area contributed by atoms with Crippen LogP contribution in [-0.4, -0.2) is 0 Å². The molecule has 52 heavy (non-hydrogen) atoms. The first-order valence-corrected chi connectivity index (χ1v) is 19.0. The monoisotopic (exact) mass is 695 g/mol. The average molecular weight is 696 g/mol. The number of benzene rings is 8. The van der Waals surface area contributed by atoms with Crippen LogP contribution in [0, 0.1) is 11.3 Å². The Labute approximate surface area is 309 Å². The van der Waals surface area contributed by atoms with Crippen LogP contribution in [0.2, 0.25) is 0 Å². The van der Waals surface area contributed by atoms with Crippen molar-refractivity contribution in [1.29, 1.82) is 5.26 Å². The van der Waals surface area contributed by atoms with Crippen molar-refractivity contribution < 1.29 is 0 Å². The highest BCUT2D eigenvalue weighted by molar-refractivity contribution is 7.26. The van der Waals surface area contributed by atoms with Crippen LogP contribution >= 0.6 is 22.7 Å². The Kier molecular flexibility index (Phi) is 7.32. The third kappa shape index (κ3) is 5.04. The molecule has 0 aliphatic rings. The van der Waals surface area contributed by atoms with Crippen LogP contribution in [0.1, 0.15) is 5.56 Å². The summed E-state index contributed by atoms with van der Waals surface area (Å²) in [7, 11) is 0. The summed E-state index contributed by atoms with van der Waals surface area (Å²) < 4.78 is 5.13. The molecule has 0 aliphatic carbocycles. The second-order valence-electron chi connectivity index (χ2n) is 13.1. The number of nitriles is 1. The van der Waals surface area contributed by atoms with E-state index in [0.29, 0.717) is 5.56 Å². The highest BCUT2D eigenvalue weighted by Crippen LogP contribution is 2.48. The van der Waals surface area contributed by atoms with Gasteiger partial charge in [0.05, 0.1) is 11.6 Å². The Morgan fingerprint density at radius 2 is 0.827 bits per heavy atom. The SMILES string of the molecule is N#Cc1cccc(-c2ccccc2)c1-c1cc(-c2ccc3sc4ccccc4c3c2)c(-c2ccccc2)c(-c2ccc3sc4ccccc4c3c2)c1. The molecule has 0 spiro atoms. The number of fused-ring (bicyclic) bond motifs is 6. The van der Waals surface area contributed by atoms with E-state index in [-0.39, 0.29) is 0 Å². The van der Waals surface area contributed by atoms with Crippen molar-refractivity contribution in [3.8, 4) is 61.7 Å². The van der Waals surface area contributed by atoms with Crippen molar-refractivity contribution in [2.75, 3.05) is 0 Å². The predicted molar refractivity (Wildman–Crippen MR) is 224 cm³/mol.